The predicted octanol–water partition coefficient (Wildman–Crippen LogP) is 5.72. The third kappa shape index (κ3) is 5.19. The first-order valence-electron chi connectivity index (χ1n) is 14.7. The van der Waals surface area contributed by atoms with Gasteiger partial charge in [0.2, 0.25) is 0 Å². The summed E-state index contributed by atoms with van der Waals surface area (Å²) in [7, 11) is 0. The highest BCUT2D eigenvalue weighted by Crippen LogP contribution is 2.35. The monoisotopic (exact) mass is 590 g/mol. The molecule has 11 heteroatoms. The number of carbonyl (C=O) groups is 1. The summed E-state index contributed by atoms with van der Waals surface area (Å²) >= 11 is 0. The first kappa shape index (κ1) is 27.1. The zero-order valence-corrected chi connectivity index (χ0v) is 24.2. The molecule has 1 aliphatic rings. The number of pyridine rings is 2. The van der Waals surface area contributed by atoms with E-state index in [1.54, 1.807) is 31.0 Å². The largest absolute Gasteiger partial charge is 0.355 e. The highest BCUT2D eigenvalue weighted by molar-refractivity contribution is 5.92. The van der Waals surface area contributed by atoms with E-state index in [2.05, 4.69) is 21.5 Å². The van der Waals surface area contributed by atoms with Crippen LogP contribution in [-0.2, 0) is 4.79 Å². The van der Waals surface area contributed by atoms with Crippen molar-refractivity contribution in [1.29, 1.82) is 0 Å². The van der Waals surface area contributed by atoms with Gasteiger partial charge in [-0.15, -0.1) is 0 Å². The third-order valence-corrected chi connectivity index (χ3v) is 7.58. The summed E-state index contributed by atoms with van der Waals surface area (Å²) in [6.45, 7) is 10.2. The number of hydrogen-bond donors (Lipinski definition) is 0. The fourth-order valence-electron chi connectivity index (χ4n) is 5.53. The molecule has 0 unspecified atom stereocenters. The average Bonchev–Trinajstić information content (AvgIpc) is 2.97. The molecule has 222 valence electrons. The van der Waals surface area contributed by atoms with Crippen LogP contribution in [0, 0.1) is 18.6 Å². The van der Waals surface area contributed by atoms with Crippen molar-refractivity contribution < 1.29 is 20.7 Å². The van der Waals surface area contributed by atoms with Crippen molar-refractivity contribution in [3.8, 4) is 16.9 Å². The van der Waals surface area contributed by atoms with E-state index in [4.69, 9.17) is 2.74 Å². The zero-order chi connectivity index (χ0) is 32.7. The maximum atomic E-state index is 16.1. The minimum Gasteiger partial charge on any atom is -0.350 e. The lowest BCUT2D eigenvalue weighted by molar-refractivity contribution is -0.129. The van der Waals surface area contributed by atoms with Crippen molar-refractivity contribution in [2.45, 2.75) is 39.7 Å². The quantitative estimate of drug-likeness (QED) is 0.267. The van der Waals surface area contributed by atoms with Crippen LogP contribution in [0.2, 0.25) is 0 Å². The smallest absolute Gasteiger partial charge is 0.350 e. The Balaban J connectivity index is 1.83. The highest BCUT2D eigenvalue weighted by Gasteiger charge is 2.32. The lowest BCUT2D eigenvalue weighted by atomic mass is 10.0. The second kappa shape index (κ2) is 11.5. The zero-order valence-electron chi connectivity index (χ0n) is 26.2. The standard InChI is InChI=1S/C32H31F3N6O2/c1-7-21-9-8-10-23(34)25(21)27-24(35)15-22-29(40-14-13-39(16-19(40)5)31(42)20(6)33)38-32(43)41(30(22)37-27)28-18(4)11-12-36-26(28)17(2)3/h7-12,15,17,19H,1,6,13-14,16H2,2-5H3/t19-/m0/s1/i1D2. The van der Waals surface area contributed by atoms with E-state index in [-0.39, 0.29) is 53.5 Å². The minimum absolute atomic E-state index is 0.0163. The number of hydrogen-bond acceptors (Lipinski definition) is 6. The van der Waals surface area contributed by atoms with Crippen LogP contribution in [0.25, 0.3) is 34.1 Å². The fourth-order valence-corrected chi connectivity index (χ4v) is 5.53. The number of piperazine rings is 1. The van der Waals surface area contributed by atoms with Gasteiger partial charge in [0.25, 0.3) is 5.91 Å². The molecule has 1 atom stereocenters. The Labute approximate surface area is 249 Å². The van der Waals surface area contributed by atoms with Crippen molar-refractivity contribution in [2.24, 2.45) is 0 Å². The third-order valence-electron chi connectivity index (χ3n) is 7.58. The Morgan fingerprint density at radius 3 is 2.63 bits per heavy atom. The fraction of sp³-hybridized carbons (Fsp3) is 0.281. The van der Waals surface area contributed by atoms with Gasteiger partial charge < -0.3 is 9.80 Å². The second-order valence-corrected chi connectivity index (χ2v) is 10.8. The molecule has 1 aromatic carbocycles. The SMILES string of the molecule is [2H]C([2H])=Cc1cccc(F)c1-c1nc2c(cc1F)c(N1CCN(C(=O)C(=C)F)C[C@@H]1C)nc(=O)n2-c1c(C)ccnc1C(C)C. The topological polar surface area (TPSA) is 84.2 Å². The lowest BCUT2D eigenvalue weighted by Gasteiger charge is -2.40. The Morgan fingerprint density at radius 2 is 1.95 bits per heavy atom. The summed E-state index contributed by atoms with van der Waals surface area (Å²) in [5, 5.41) is 0.144. The van der Waals surface area contributed by atoms with Gasteiger partial charge in [-0.05, 0) is 49.1 Å². The molecule has 1 saturated heterocycles. The molecule has 4 heterocycles. The predicted molar refractivity (Wildman–Crippen MR) is 161 cm³/mol. The summed E-state index contributed by atoms with van der Waals surface area (Å²) in [5.74, 6) is -3.70. The van der Waals surface area contributed by atoms with Crippen LogP contribution in [0.4, 0.5) is 19.0 Å². The molecule has 0 spiro atoms. The number of nitrogens with zero attached hydrogens (tertiary/aromatic N) is 6. The van der Waals surface area contributed by atoms with E-state index in [1.807, 2.05) is 13.8 Å². The first-order chi connectivity index (χ1) is 21.3. The maximum absolute atomic E-state index is 16.1. The van der Waals surface area contributed by atoms with E-state index in [1.165, 1.54) is 21.6 Å². The van der Waals surface area contributed by atoms with E-state index in [0.717, 1.165) is 18.2 Å². The van der Waals surface area contributed by atoms with E-state index >= 15 is 8.78 Å². The van der Waals surface area contributed by atoms with Crippen LogP contribution in [0.3, 0.4) is 0 Å². The van der Waals surface area contributed by atoms with Gasteiger partial charge in [-0.1, -0.05) is 45.2 Å². The highest BCUT2D eigenvalue weighted by atomic mass is 19.1. The van der Waals surface area contributed by atoms with Gasteiger partial charge >= 0.3 is 5.69 Å². The van der Waals surface area contributed by atoms with Crippen LogP contribution < -0.4 is 10.6 Å². The molecular weight excluding hydrogens is 557 g/mol. The molecule has 4 aromatic rings. The molecule has 0 N–H and O–H groups in total. The molecule has 0 saturated carbocycles. The first-order valence-corrected chi connectivity index (χ1v) is 13.7. The molecule has 0 bridgehead atoms. The number of carbonyl (C=O) groups excluding carboxylic acids is 1. The Bertz CT molecular complexity index is 1940. The number of benzene rings is 1. The molecule has 43 heavy (non-hydrogen) atoms. The summed E-state index contributed by atoms with van der Waals surface area (Å²) in [6.07, 6.45) is 2.69. The molecule has 1 amide bonds. The average molecular weight is 591 g/mol. The van der Waals surface area contributed by atoms with Crippen LogP contribution in [-0.4, -0.2) is 56.0 Å². The van der Waals surface area contributed by atoms with Gasteiger partial charge in [0.1, 0.15) is 17.3 Å². The Kier molecular flexibility index (Phi) is 7.22. The number of aromatic nitrogens is 4. The van der Waals surface area contributed by atoms with Gasteiger partial charge in [0.05, 0.1) is 19.5 Å². The molecule has 5 rings (SSSR count). The van der Waals surface area contributed by atoms with Crippen molar-refractivity contribution in [3.63, 3.8) is 0 Å². The molecule has 1 fully saturated rings. The van der Waals surface area contributed by atoms with Crippen molar-refractivity contribution in [2.75, 3.05) is 24.5 Å². The molecule has 0 radical (unpaired) electrons. The normalized spacial score (nSPS) is 15.9. The van der Waals surface area contributed by atoms with Gasteiger partial charge in [-0.25, -0.2) is 27.5 Å². The summed E-state index contributed by atoms with van der Waals surface area (Å²) in [4.78, 5) is 42.8. The van der Waals surface area contributed by atoms with Gasteiger partial charge in [-0.3, -0.25) is 9.78 Å². The number of amides is 1. The molecule has 3 aromatic heterocycles. The van der Waals surface area contributed by atoms with Crippen LogP contribution >= 0.6 is 0 Å². The summed E-state index contributed by atoms with van der Waals surface area (Å²) in [5.41, 5.74) is 0.261. The molecule has 8 nitrogen and oxygen atoms in total. The number of aryl methyl sites for hydroxylation is 1. The van der Waals surface area contributed by atoms with Gasteiger partial charge in [-0.2, -0.15) is 4.98 Å². The summed E-state index contributed by atoms with van der Waals surface area (Å²) in [6, 6.07) is 6.33. The Morgan fingerprint density at radius 1 is 1.19 bits per heavy atom. The van der Waals surface area contributed by atoms with Crippen molar-refractivity contribution in [3.05, 3.63) is 94.4 Å². The maximum Gasteiger partial charge on any atom is 0.355 e. The minimum atomic E-state index is -1.08. The van der Waals surface area contributed by atoms with Crippen LogP contribution in [0.1, 0.15) is 46.3 Å². The molecule has 1 aliphatic heterocycles. The van der Waals surface area contributed by atoms with Gasteiger partial charge in [0, 0.05) is 37.4 Å². The number of rotatable bonds is 6. The lowest BCUT2D eigenvalue weighted by Crippen LogP contribution is -2.54. The van der Waals surface area contributed by atoms with Crippen LogP contribution in [0.15, 0.2) is 60.3 Å². The number of fused-ring (bicyclic) bond motifs is 1. The Hall–Kier alpha value is -4.80. The van der Waals surface area contributed by atoms with E-state index in [9.17, 15) is 14.0 Å². The molecular formula is C32H31F3N6O2. The van der Waals surface area contributed by atoms with Crippen LogP contribution in [0.5, 0.6) is 0 Å². The second-order valence-electron chi connectivity index (χ2n) is 10.8. The number of halogens is 3. The number of anilines is 1. The van der Waals surface area contributed by atoms with Gasteiger partial charge in [0.15, 0.2) is 17.3 Å². The van der Waals surface area contributed by atoms with Crippen molar-refractivity contribution >= 4 is 28.8 Å². The molecule has 0 aliphatic carbocycles. The van der Waals surface area contributed by atoms with E-state index in [0.29, 0.717) is 16.9 Å². The van der Waals surface area contributed by atoms with E-state index < -0.39 is 47.3 Å². The van der Waals surface area contributed by atoms with Crippen molar-refractivity contribution in [1.82, 2.24) is 24.4 Å². The summed E-state index contributed by atoms with van der Waals surface area (Å²) < 4.78 is 61.5.